The van der Waals surface area contributed by atoms with E-state index in [1.807, 2.05) is 13.0 Å². The lowest BCUT2D eigenvalue weighted by molar-refractivity contribution is -0.114. The van der Waals surface area contributed by atoms with Crippen LogP contribution in [0.3, 0.4) is 0 Å². The summed E-state index contributed by atoms with van der Waals surface area (Å²) in [4.78, 5) is 21.1. The molecule has 1 rings (SSSR count). The van der Waals surface area contributed by atoms with Crippen LogP contribution in [0.15, 0.2) is 35.6 Å². The van der Waals surface area contributed by atoms with Gasteiger partial charge in [-0.1, -0.05) is 12.2 Å². The summed E-state index contributed by atoms with van der Waals surface area (Å²) in [6, 6.07) is 0. The molecular weight excluding hydrogens is 154 g/mol. The Balaban J connectivity index is 2.89. The van der Waals surface area contributed by atoms with Crippen LogP contribution in [0.25, 0.3) is 0 Å². The van der Waals surface area contributed by atoms with Gasteiger partial charge in [-0.2, -0.15) is 0 Å². The van der Waals surface area contributed by atoms with Gasteiger partial charge < -0.3 is 5.32 Å². The van der Waals surface area contributed by atoms with Gasteiger partial charge in [0.1, 0.15) is 0 Å². The van der Waals surface area contributed by atoms with E-state index in [9.17, 15) is 9.59 Å². The fourth-order valence-corrected chi connectivity index (χ4v) is 0.903. The SMILES string of the molecule is C/C=C1/C=CC(=O)C(NC=O)=C1. The molecule has 0 fully saturated rings. The van der Waals surface area contributed by atoms with E-state index in [0.29, 0.717) is 12.1 Å². The molecule has 0 aliphatic heterocycles. The predicted molar refractivity (Wildman–Crippen MR) is 45.2 cm³/mol. The predicted octanol–water partition coefficient (Wildman–Crippen LogP) is 0.702. The highest BCUT2D eigenvalue weighted by Gasteiger charge is 2.09. The zero-order valence-electron chi connectivity index (χ0n) is 6.70. The minimum Gasteiger partial charge on any atom is -0.325 e. The smallest absolute Gasteiger partial charge is 0.211 e. The van der Waals surface area contributed by atoms with E-state index in [1.165, 1.54) is 6.08 Å². The minimum atomic E-state index is -0.173. The van der Waals surface area contributed by atoms with Crippen LogP contribution >= 0.6 is 0 Å². The lowest BCUT2D eigenvalue weighted by Crippen LogP contribution is -2.19. The third kappa shape index (κ3) is 1.69. The molecule has 0 radical (unpaired) electrons. The largest absolute Gasteiger partial charge is 0.325 e. The van der Waals surface area contributed by atoms with Crippen LogP contribution < -0.4 is 5.32 Å². The molecule has 0 aromatic carbocycles. The number of rotatable bonds is 2. The molecule has 0 aromatic rings. The van der Waals surface area contributed by atoms with Crippen molar-refractivity contribution in [3.63, 3.8) is 0 Å². The standard InChI is InChI=1S/C9H9NO2/c1-2-7-3-4-9(12)8(5-7)10-6-11/h2-6H,1H3,(H,10,11)/b7-2-. The first-order valence-corrected chi connectivity index (χ1v) is 3.58. The highest BCUT2D eigenvalue weighted by molar-refractivity contribution is 6.06. The van der Waals surface area contributed by atoms with Crippen LogP contribution in [-0.4, -0.2) is 12.2 Å². The number of hydrogen-bond acceptors (Lipinski definition) is 2. The molecule has 3 nitrogen and oxygen atoms in total. The lowest BCUT2D eigenvalue weighted by Gasteiger charge is -2.06. The summed E-state index contributed by atoms with van der Waals surface area (Å²) in [5.74, 6) is -0.173. The van der Waals surface area contributed by atoms with Gasteiger partial charge in [-0.3, -0.25) is 9.59 Å². The second-order valence-electron chi connectivity index (χ2n) is 2.31. The normalized spacial score (nSPS) is 19.2. The zero-order chi connectivity index (χ0) is 8.97. The summed E-state index contributed by atoms with van der Waals surface area (Å²) in [5.41, 5.74) is 1.24. The summed E-state index contributed by atoms with van der Waals surface area (Å²) in [6.45, 7) is 1.87. The van der Waals surface area contributed by atoms with E-state index in [4.69, 9.17) is 0 Å². The third-order valence-corrected chi connectivity index (χ3v) is 1.55. The monoisotopic (exact) mass is 163 g/mol. The van der Waals surface area contributed by atoms with Crippen molar-refractivity contribution in [2.24, 2.45) is 0 Å². The Morgan fingerprint density at radius 2 is 2.17 bits per heavy atom. The highest BCUT2D eigenvalue weighted by Crippen LogP contribution is 2.09. The maximum absolute atomic E-state index is 11.0. The Kier molecular flexibility index (Phi) is 2.58. The van der Waals surface area contributed by atoms with Crippen LogP contribution in [0, 0.1) is 0 Å². The number of amides is 1. The molecule has 62 valence electrons. The van der Waals surface area contributed by atoms with Crippen molar-refractivity contribution in [2.45, 2.75) is 6.92 Å². The van der Waals surface area contributed by atoms with Crippen molar-refractivity contribution in [2.75, 3.05) is 0 Å². The molecule has 1 aliphatic rings. The maximum Gasteiger partial charge on any atom is 0.211 e. The number of ketones is 1. The number of nitrogens with one attached hydrogen (secondary N) is 1. The van der Waals surface area contributed by atoms with Gasteiger partial charge in [0.25, 0.3) is 0 Å². The van der Waals surface area contributed by atoms with Crippen molar-refractivity contribution in [3.05, 3.63) is 35.6 Å². The Bertz CT molecular complexity index is 298. The first kappa shape index (κ1) is 8.46. The highest BCUT2D eigenvalue weighted by atomic mass is 16.1. The first-order valence-electron chi connectivity index (χ1n) is 3.58. The van der Waals surface area contributed by atoms with Crippen LogP contribution in [0.4, 0.5) is 0 Å². The summed E-state index contributed by atoms with van der Waals surface area (Å²) in [5, 5.41) is 2.34. The minimum absolute atomic E-state index is 0.173. The second-order valence-corrected chi connectivity index (χ2v) is 2.31. The summed E-state index contributed by atoms with van der Waals surface area (Å²) in [7, 11) is 0. The van der Waals surface area contributed by atoms with Crippen molar-refractivity contribution in [1.29, 1.82) is 0 Å². The molecule has 0 atom stereocenters. The molecular formula is C9H9NO2. The fraction of sp³-hybridized carbons (Fsp3) is 0.111. The van der Waals surface area contributed by atoms with E-state index in [-0.39, 0.29) is 5.78 Å². The molecule has 12 heavy (non-hydrogen) atoms. The van der Waals surface area contributed by atoms with E-state index >= 15 is 0 Å². The second kappa shape index (κ2) is 3.67. The van der Waals surface area contributed by atoms with Gasteiger partial charge in [0.15, 0.2) is 0 Å². The van der Waals surface area contributed by atoms with Crippen LogP contribution in [0.5, 0.6) is 0 Å². The third-order valence-electron chi connectivity index (χ3n) is 1.55. The molecule has 0 aromatic heterocycles. The Morgan fingerprint density at radius 1 is 1.42 bits per heavy atom. The van der Waals surface area contributed by atoms with E-state index in [1.54, 1.807) is 12.2 Å². The lowest BCUT2D eigenvalue weighted by atomic mass is 10.1. The van der Waals surface area contributed by atoms with Crippen molar-refractivity contribution < 1.29 is 9.59 Å². The Morgan fingerprint density at radius 3 is 2.75 bits per heavy atom. The Labute approximate surface area is 70.5 Å². The number of carbonyl (C=O) groups is 2. The summed E-state index contributed by atoms with van der Waals surface area (Å²) >= 11 is 0. The van der Waals surface area contributed by atoms with Gasteiger partial charge in [0.2, 0.25) is 12.2 Å². The van der Waals surface area contributed by atoms with Crippen LogP contribution in [0.2, 0.25) is 0 Å². The van der Waals surface area contributed by atoms with Gasteiger partial charge in [-0.15, -0.1) is 0 Å². The zero-order valence-corrected chi connectivity index (χ0v) is 6.70. The van der Waals surface area contributed by atoms with Gasteiger partial charge in [0.05, 0.1) is 5.70 Å². The molecule has 0 heterocycles. The van der Waals surface area contributed by atoms with Crippen molar-refractivity contribution in [3.8, 4) is 0 Å². The molecule has 1 aliphatic carbocycles. The molecule has 0 bridgehead atoms. The fourth-order valence-electron chi connectivity index (χ4n) is 0.903. The molecule has 3 heteroatoms. The molecule has 0 unspecified atom stereocenters. The van der Waals surface area contributed by atoms with Crippen LogP contribution in [-0.2, 0) is 9.59 Å². The van der Waals surface area contributed by atoms with E-state index in [2.05, 4.69) is 5.32 Å². The van der Waals surface area contributed by atoms with Gasteiger partial charge in [-0.25, -0.2) is 0 Å². The maximum atomic E-state index is 11.0. The van der Waals surface area contributed by atoms with Crippen molar-refractivity contribution in [1.82, 2.24) is 5.32 Å². The number of hydrogen-bond donors (Lipinski definition) is 1. The van der Waals surface area contributed by atoms with Crippen molar-refractivity contribution >= 4 is 12.2 Å². The topological polar surface area (TPSA) is 46.2 Å². The average molecular weight is 163 g/mol. The van der Waals surface area contributed by atoms with Gasteiger partial charge >= 0.3 is 0 Å². The summed E-state index contributed by atoms with van der Waals surface area (Å²) in [6.07, 6.45) is 7.13. The molecule has 1 N–H and O–H groups in total. The van der Waals surface area contributed by atoms with Crippen LogP contribution in [0.1, 0.15) is 6.92 Å². The molecule has 0 saturated carbocycles. The average Bonchev–Trinajstić information content (AvgIpc) is 2.09. The molecule has 0 saturated heterocycles. The van der Waals surface area contributed by atoms with E-state index in [0.717, 1.165) is 5.57 Å². The quantitative estimate of drug-likeness (QED) is 0.609. The molecule has 1 amide bonds. The first-order chi connectivity index (χ1) is 5.77. The number of allylic oxidation sites excluding steroid dienone is 5. The molecule has 0 spiro atoms. The van der Waals surface area contributed by atoms with E-state index < -0.39 is 0 Å². The summed E-state index contributed by atoms with van der Waals surface area (Å²) < 4.78 is 0. The van der Waals surface area contributed by atoms with Gasteiger partial charge in [-0.05, 0) is 24.6 Å². The van der Waals surface area contributed by atoms with Gasteiger partial charge in [0, 0.05) is 0 Å². The number of carbonyl (C=O) groups excluding carboxylic acids is 2. The Hall–Kier alpha value is -1.64.